The summed E-state index contributed by atoms with van der Waals surface area (Å²) in [4.78, 5) is 13.3. The molecule has 1 N–H and O–H groups in total. The molecule has 0 unspecified atom stereocenters. The molecule has 1 heterocycles. The van der Waals surface area contributed by atoms with E-state index in [4.69, 9.17) is 9.84 Å². The molecule has 0 aliphatic carbocycles. The third kappa shape index (κ3) is 4.42. The Kier molecular flexibility index (Phi) is 6.08. The SMILES string of the molecule is COc1ccc(-n2nc(-c3ccc(C)c(C)c3)cc2C(=O)N[C@H](C)c2ccccc2)cc1. The van der Waals surface area contributed by atoms with Crippen LogP contribution < -0.4 is 10.1 Å². The number of hydrogen-bond donors (Lipinski definition) is 1. The van der Waals surface area contributed by atoms with Crippen molar-refractivity contribution in [1.82, 2.24) is 15.1 Å². The quantitative estimate of drug-likeness (QED) is 0.434. The van der Waals surface area contributed by atoms with E-state index in [1.807, 2.05) is 73.7 Å². The van der Waals surface area contributed by atoms with Gasteiger partial charge in [-0.15, -0.1) is 0 Å². The molecule has 0 aliphatic rings. The smallest absolute Gasteiger partial charge is 0.270 e. The number of rotatable bonds is 6. The number of carbonyl (C=O) groups is 1. The summed E-state index contributed by atoms with van der Waals surface area (Å²) in [6.45, 7) is 6.14. The van der Waals surface area contributed by atoms with Crippen molar-refractivity contribution in [2.24, 2.45) is 0 Å². The molecule has 0 radical (unpaired) electrons. The summed E-state index contributed by atoms with van der Waals surface area (Å²) in [7, 11) is 1.63. The van der Waals surface area contributed by atoms with Gasteiger partial charge in [0.15, 0.2) is 0 Å². The maximum Gasteiger partial charge on any atom is 0.270 e. The zero-order chi connectivity index (χ0) is 22.7. The van der Waals surface area contributed by atoms with Crippen molar-refractivity contribution in [3.8, 4) is 22.7 Å². The van der Waals surface area contributed by atoms with Crippen LogP contribution in [0.25, 0.3) is 16.9 Å². The first-order valence-corrected chi connectivity index (χ1v) is 10.6. The number of benzene rings is 3. The average molecular weight is 426 g/mol. The van der Waals surface area contributed by atoms with Gasteiger partial charge in [0.05, 0.1) is 24.5 Å². The van der Waals surface area contributed by atoms with E-state index in [2.05, 4.69) is 31.3 Å². The first kappa shape index (κ1) is 21.4. The molecular weight excluding hydrogens is 398 g/mol. The summed E-state index contributed by atoms with van der Waals surface area (Å²) in [5, 5.41) is 7.90. The molecule has 0 saturated carbocycles. The third-order valence-corrected chi connectivity index (χ3v) is 5.71. The minimum Gasteiger partial charge on any atom is -0.497 e. The van der Waals surface area contributed by atoms with E-state index in [1.54, 1.807) is 11.8 Å². The van der Waals surface area contributed by atoms with Crippen LogP contribution in [0.15, 0.2) is 78.9 Å². The summed E-state index contributed by atoms with van der Waals surface area (Å²) in [5.74, 6) is 0.568. The van der Waals surface area contributed by atoms with Crippen molar-refractivity contribution in [3.63, 3.8) is 0 Å². The maximum absolute atomic E-state index is 13.3. The first-order chi connectivity index (χ1) is 15.5. The Hall–Kier alpha value is -3.86. The predicted octanol–water partition coefficient (Wildman–Crippen LogP) is 5.66. The van der Waals surface area contributed by atoms with Crippen molar-refractivity contribution >= 4 is 5.91 Å². The molecule has 3 aromatic carbocycles. The van der Waals surface area contributed by atoms with Crippen molar-refractivity contribution in [1.29, 1.82) is 0 Å². The molecule has 32 heavy (non-hydrogen) atoms. The number of carbonyl (C=O) groups excluding carboxylic acids is 1. The molecule has 0 bridgehead atoms. The zero-order valence-corrected chi connectivity index (χ0v) is 18.8. The maximum atomic E-state index is 13.3. The number of nitrogens with one attached hydrogen (secondary N) is 1. The van der Waals surface area contributed by atoms with Crippen LogP contribution in [0, 0.1) is 13.8 Å². The average Bonchev–Trinajstić information content (AvgIpc) is 3.27. The number of amides is 1. The predicted molar refractivity (Wildman–Crippen MR) is 127 cm³/mol. The van der Waals surface area contributed by atoms with Crippen LogP contribution >= 0.6 is 0 Å². The van der Waals surface area contributed by atoms with E-state index in [9.17, 15) is 4.79 Å². The topological polar surface area (TPSA) is 56.2 Å². The molecule has 5 nitrogen and oxygen atoms in total. The van der Waals surface area contributed by atoms with Crippen LogP contribution in [-0.4, -0.2) is 22.8 Å². The second kappa shape index (κ2) is 9.10. The molecular formula is C27H27N3O2. The van der Waals surface area contributed by atoms with E-state index >= 15 is 0 Å². The first-order valence-electron chi connectivity index (χ1n) is 10.6. The lowest BCUT2D eigenvalue weighted by atomic mass is 10.0. The van der Waals surface area contributed by atoms with E-state index in [0.717, 1.165) is 28.3 Å². The number of methoxy groups -OCH3 is 1. The number of ether oxygens (including phenoxy) is 1. The molecule has 0 spiro atoms. The van der Waals surface area contributed by atoms with Crippen LogP contribution in [0.2, 0.25) is 0 Å². The van der Waals surface area contributed by atoms with Crippen molar-refractivity contribution < 1.29 is 9.53 Å². The summed E-state index contributed by atoms with van der Waals surface area (Å²) in [5.41, 5.74) is 6.45. The molecule has 1 aromatic heterocycles. The number of aromatic nitrogens is 2. The van der Waals surface area contributed by atoms with Gasteiger partial charge in [0.1, 0.15) is 11.4 Å². The molecule has 0 fully saturated rings. The van der Waals surface area contributed by atoms with Crippen molar-refractivity contribution in [3.05, 3.63) is 101 Å². The van der Waals surface area contributed by atoms with Crippen LogP contribution in [-0.2, 0) is 0 Å². The van der Waals surface area contributed by atoms with Crippen LogP contribution in [0.5, 0.6) is 5.75 Å². The van der Waals surface area contributed by atoms with E-state index < -0.39 is 0 Å². The molecule has 162 valence electrons. The Morgan fingerprint density at radius 1 is 0.938 bits per heavy atom. The normalized spacial score (nSPS) is 11.8. The highest BCUT2D eigenvalue weighted by molar-refractivity contribution is 5.94. The molecule has 1 atom stereocenters. The van der Waals surface area contributed by atoms with Gasteiger partial charge in [-0.1, -0.05) is 42.5 Å². The summed E-state index contributed by atoms with van der Waals surface area (Å²) in [6, 6.07) is 25.4. The van der Waals surface area contributed by atoms with Crippen LogP contribution in [0.4, 0.5) is 0 Å². The second-order valence-electron chi connectivity index (χ2n) is 7.93. The van der Waals surface area contributed by atoms with Gasteiger partial charge in [-0.3, -0.25) is 4.79 Å². The van der Waals surface area contributed by atoms with Crippen molar-refractivity contribution in [2.45, 2.75) is 26.8 Å². The number of nitrogens with zero attached hydrogens (tertiary/aromatic N) is 2. The molecule has 4 aromatic rings. The number of aryl methyl sites for hydroxylation is 2. The largest absolute Gasteiger partial charge is 0.497 e. The van der Waals surface area contributed by atoms with Gasteiger partial charge in [0.2, 0.25) is 0 Å². The van der Waals surface area contributed by atoms with Gasteiger partial charge in [-0.2, -0.15) is 5.10 Å². The summed E-state index contributed by atoms with van der Waals surface area (Å²) < 4.78 is 6.97. The van der Waals surface area contributed by atoms with Crippen LogP contribution in [0.1, 0.15) is 40.1 Å². The molecule has 0 aliphatic heterocycles. The lowest BCUT2D eigenvalue weighted by Crippen LogP contribution is -2.28. The van der Waals surface area contributed by atoms with Gasteiger partial charge in [0, 0.05) is 5.56 Å². The van der Waals surface area contributed by atoms with E-state index in [-0.39, 0.29) is 11.9 Å². The molecule has 5 heteroatoms. The highest BCUT2D eigenvalue weighted by Crippen LogP contribution is 2.25. The van der Waals surface area contributed by atoms with Gasteiger partial charge in [-0.25, -0.2) is 4.68 Å². The fourth-order valence-electron chi connectivity index (χ4n) is 3.60. The van der Waals surface area contributed by atoms with Gasteiger partial charge < -0.3 is 10.1 Å². The van der Waals surface area contributed by atoms with Crippen molar-refractivity contribution in [2.75, 3.05) is 7.11 Å². The Bertz CT molecular complexity index is 1230. The lowest BCUT2D eigenvalue weighted by Gasteiger charge is -2.15. The van der Waals surface area contributed by atoms with E-state index in [0.29, 0.717) is 5.69 Å². The molecule has 0 saturated heterocycles. The van der Waals surface area contributed by atoms with E-state index in [1.165, 1.54) is 11.1 Å². The Morgan fingerprint density at radius 3 is 2.31 bits per heavy atom. The Balaban J connectivity index is 1.73. The minimum absolute atomic E-state index is 0.131. The van der Waals surface area contributed by atoms with Gasteiger partial charge >= 0.3 is 0 Å². The summed E-state index contributed by atoms with van der Waals surface area (Å²) in [6.07, 6.45) is 0. The standard InChI is InChI=1S/C27H27N3O2/c1-18-10-11-22(16-19(18)2)25-17-26(27(31)28-20(3)21-8-6-5-7-9-21)30(29-25)23-12-14-24(32-4)15-13-23/h5-17,20H,1-4H3,(H,28,31)/t20-/m1/s1. The lowest BCUT2D eigenvalue weighted by molar-refractivity contribution is 0.0932. The van der Waals surface area contributed by atoms with Crippen LogP contribution in [0.3, 0.4) is 0 Å². The molecule has 4 rings (SSSR count). The Morgan fingerprint density at radius 2 is 1.66 bits per heavy atom. The highest BCUT2D eigenvalue weighted by atomic mass is 16.5. The summed E-state index contributed by atoms with van der Waals surface area (Å²) >= 11 is 0. The fourth-order valence-corrected chi connectivity index (χ4v) is 3.60. The monoisotopic (exact) mass is 425 g/mol. The number of hydrogen-bond acceptors (Lipinski definition) is 3. The Labute approximate surface area is 188 Å². The van der Waals surface area contributed by atoms with Gasteiger partial charge in [-0.05, 0) is 73.9 Å². The third-order valence-electron chi connectivity index (χ3n) is 5.71. The minimum atomic E-state index is -0.181. The fraction of sp³-hybridized carbons (Fsp3) is 0.185. The molecule has 1 amide bonds. The zero-order valence-electron chi connectivity index (χ0n) is 18.8. The van der Waals surface area contributed by atoms with Gasteiger partial charge in [0.25, 0.3) is 5.91 Å². The second-order valence-corrected chi connectivity index (χ2v) is 7.93. The highest BCUT2D eigenvalue weighted by Gasteiger charge is 2.20.